The van der Waals surface area contributed by atoms with Gasteiger partial charge in [0.25, 0.3) is 0 Å². The standard InChI is InChI=1S/C12H12F4O3/c1-7(12(14,15)16)19-6-8-3-4-9(10(13)5-8)11(17)18-2/h3-5,7H,6H2,1-2H3. The first-order valence-corrected chi connectivity index (χ1v) is 5.30. The summed E-state index contributed by atoms with van der Waals surface area (Å²) in [6.07, 6.45) is -6.42. The molecule has 0 saturated heterocycles. The summed E-state index contributed by atoms with van der Waals surface area (Å²) in [5.74, 6) is -1.72. The molecule has 0 aliphatic heterocycles. The molecule has 3 nitrogen and oxygen atoms in total. The zero-order chi connectivity index (χ0) is 14.6. The van der Waals surface area contributed by atoms with Crippen LogP contribution in [0.2, 0.25) is 0 Å². The number of carbonyl (C=O) groups is 1. The van der Waals surface area contributed by atoms with Crippen molar-refractivity contribution in [1.29, 1.82) is 0 Å². The molecular formula is C12H12F4O3. The van der Waals surface area contributed by atoms with Gasteiger partial charge < -0.3 is 9.47 Å². The average Bonchev–Trinajstić information content (AvgIpc) is 2.34. The van der Waals surface area contributed by atoms with E-state index < -0.39 is 30.7 Å². The summed E-state index contributed by atoms with van der Waals surface area (Å²) in [6, 6.07) is 3.38. The van der Waals surface area contributed by atoms with Crippen LogP contribution in [0.4, 0.5) is 17.6 Å². The van der Waals surface area contributed by atoms with Crippen molar-refractivity contribution in [3.8, 4) is 0 Å². The Labute approximate surface area is 107 Å². The van der Waals surface area contributed by atoms with Gasteiger partial charge in [-0.1, -0.05) is 6.07 Å². The highest BCUT2D eigenvalue weighted by molar-refractivity contribution is 5.89. The van der Waals surface area contributed by atoms with Crippen molar-refractivity contribution in [3.63, 3.8) is 0 Å². The number of rotatable bonds is 4. The number of hydrogen-bond acceptors (Lipinski definition) is 3. The van der Waals surface area contributed by atoms with Gasteiger partial charge in [-0.25, -0.2) is 9.18 Å². The van der Waals surface area contributed by atoms with Crippen molar-refractivity contribution in [2.75, 3.05) is 7.11 Å². The van der Waals surface area contributed by atoms with Gasteiger partial charge in [0.05, 0.1) is 19.3 Å². The maximum atomic E-state index is 13.5. The molecule has 0 aromatic heterocycles. The predicted molar refractivity (Wildman–Crippen MR) is 58.0 cm³/mol. The van der Waals surface area contributed by atoms with Crippen molar-refractivity contribution in [3.05, 3.63) is 35.1 Å². The molecule has 1 aromatic carbocycles. The zero-order valence-corrected chi connectivity index (χ0v) is 10.3. The molecule has 7 heteroatoms. The summed E-state index contributed by atoms with van der Waals surface area (Å²) in [7, 11) is 1.10. The van der Waals surface area contributed by atoms with E-state index in [0.717, 1.165) is 26.2 Å². The van der Waals surface area contributed by atoms with Crippen molar-refractivity contribution in [2.45, 2.75) is 25.8 Å². The minimum Gasteiger partial charge on any atom is -0.465 e. The Hall–Kier alpha value is -1.63. The van der Waals surface area contributed by atoms with Gasteiger partial charge in [-0.2, -0.15) is 13.2 Å². The minimum atomic E-state index is -4.47. The monoisotopic (exact) mass is 280 g/mol. The third kappa shape index (κ3) is 4.20. The van der Waals surface area contributed by atoms with E-state index in [1.54, 1.807) is 0 Å². The number of halogens is 4. The van der Waals surface area contributed by atoms with Crippen LogP contribution in [-0.4, -0.2) is 25.4 Å². The normalized spacial score (nSPS) is 13.2. The summed E-state index contributed by atoms with van der Waals surface area (Å²) in [5.41, 5.74) is -0.0867. The Morgan fingerprint density at radius 2 is 2.00 bits per heavy atom. The molecule has 0 radical (unpaired) electrons. The van der Waals surface area contributed by atoms with Crippen LogP contribution in [0.25, 0.3) is 0 Å². The van der Waals surface area contributed by atoms with E-state index in [0.29, 0.717) is 0 Å². The maximum absolute atomic E-state index is 13.5. The van der Waals surface area contributed by atoms with Gasteiger partial charge in [0.2, 0.25) is 0 Å². The van der Waals surface area contributed by atoms with E-state index in [4.69, 9.17) is 0 Å². The molecule has 106 valence electrons. The van der Waals surface area contributed by atoms with Crippen LogP contribution < -0.4 is 0 Å². The lowest BCUT2D eigenvalue weighted by molar-refractivity contribution is -0.217. The Balaban J connectivity index is 2.72. The van der Waals surface area contributed by atoms with Gasteiger partial charge in [-0.3, -0.25) is 0 Å². The highest BCUT2D eigenvalue weighted by atomic mass is 19.4. The molecular weight excluding hydrogens is 268 g/mol. The fourth-order valence-corrected chi connectivity index (χ4v) is 1.24. The maximum Gasteiger partial charge on any atom is 0.414 e. The number of esters is 1. The first-order valence-electron chi connectivity index (χ1n) is 5.30. The number of carbonyl (C=O) groups excluding carboxylic acids is 1. The van der Waals surface area contributed by atoms with Crippen LogP contribution in [0.1, 0.15) is 22.8 Å². The van der Waals surface area contributed by atoms with Crippen LogP contribution in [0.5, 0.6) is 0 Å². The molecule has 0 N–H and O–H groups in total. The number of methoxy groups -OCH3 is 1. The zero-order valence-electron chi connectivity index (χ0n) is 10.3. The summed E-state index contributed by atoms with van der Waals surface area (Å²) < 4.78 is 58.9. The largest absolute Gasteiger partial charge is 0.465 e. The second kappa shape index (κ2) is 6.01. The van der Waals surface area contributed by atoms with E-state index in [1.807, 2.05) is 0 Å². The summed E-state index contributed by atoms with van der Waals surface area (Å²) in [5, 5.41) is 0. The van der Waals surface area contributed by atoms with E-state index in [-0.39, 0.29) is 11.1 Å². The fraction of sp³-hybridized carbons (Fsp3) is 0.417. The van der Waals surface area contributed by atoms with Crippen molar-refractivity contribution in [2.24, 2.45) is 0 Å². The number of benzene rings is 1. The van der Waals surface area contributed by atoms with Gasteiger partial charge in [0.15, 0.2) is 6.10 Å². The van der Waals surface area contributed by atoms with Gasteiger partial charge in [0.1, 0.15) is 5.82 Å². The van der Waals surface area contributed by atoms with Gasteiger partial charge in [-0.05, 0) is 24.6 Å². The van der Waals surface area contributed by atoms with E-state index in [1.165, 1.54) is 6.07 Å². The van der Waals surface area contributed by atoms with Gasteiger partial charge in [-0.15, -0.1) is 0 Å². The summed E-state index contributed by atoms with van der Waals surface area (Å²) in [4.78, 5) is 11.1. The SMILES string of the molecule is COC(=O)c1ccc(COC(C)C(F)(F)F)cc1F. The van der Waals surface area contributed by atoms with Gasteiger partial charge in [0, 0.05) is 0 Å². The molecule has 19 heavy (non-hydrogen) atoms. The van der Waals surface area contributed by atoms with Crippen molar-refractivity contribution in [1.82, 2.24) is 0 Å². The number of alkyl halides is 3. The van der Waals surface area contributed by atoms with Crippen LogP contribution >= 0.6 is 0 Å². The molecule has 0 fully saturated rings. The van der Waals surface area contributed by atoms with Crippen LogP contribution in [0.3, 0.4) is 0 Å². The predicted octanol–water partition coefficient (Wildman–Crippen LogP) is 3.08. The number of ether oxygens (including phenoxy) is 2. The van der Waals surface area contributed by atoms with Crippen LogP contribution in [-0.2, 0) is 16.1 Å². The highest BCUT2D eigenvalue weighted by Gasteiger charge is 2.36. The van der Waals surface area contributed by atoms with Crippen molar-refractivity contribution < 1.29 is 31.8 Å². The van der Waals surface area contributed by atoms with E-state index in [2.05, 4.69) is 9.47 Å². The second-order valence-corrected chi connectivity index (χ2v) is 3.80. The Kier molecular flexibility index (Phi) is 4.88. The molecule has 1 unspecified atom stereocenters. The number of hydrogen-bond donors (Lipinski definition) is 0. The first kappa shape index (κ1) is 15.4. The topological polar surface area (TPSA) is 35.5 Å². The molecule has 0 heterocycles. The third-order valence-electron chi connectivity index (χ3n) is 2.40. The lowest BCUT2D eigenvalue weighted by atomic mass is 10.1. The molecule has 0 aliphatic rings. The highest BCUT2D eigenvalue weighted by Crippen LogP contribution is 2.23. The molecule has 0 saturated carbocycles. The lowest BCUT2D eigenvalue weighted by Gasteiger charge is -2.16. The molecule has 0 aliphatic carbocycles. The quantitative estimate of drug-likeness (QED) is 0.628. The van der Waals surface area contributed by atoms with E-state index >= 15 is 0 Å². The van der Waals surface area contributed by atoms with Crippen LogP contribution in [0.15, 0.2) is 18.2 Å². The molecule has 0 amide bonds. The summed E-state index contributed by atoms with van der Waals surface area (Å²) >= 11 is 0. The molecule has 1 atom stereocenters. The Morgan fingerprint density at radius 1 is 1.37 bits per heavy atom. The Bertz CT molecular complexity index is 457. The third-order valence-corrected chi connectivity index (χ3v) is 2.40. The second-order valence-electron chi connectivity index (χ2n) is 3.80. The van der Waals surface area contributed by atoms with E-state index in [9.17, 15) is 22.4 Å². The average molecular weight is 280 g/mol. The lowest BCUT2D eigenvalue weighted by Crippen LogP contribution is -2.28. The smallest absolute Gasteiger partial charge is 0.414 e. The minimum absolute atomic E-state index is 0.196. The Morgan fingerprint density at radius 3 is 2.47 bits per heavy atom. The molecule has 1 aromatic rings. The first-order chi connectivity index (χ1) is 8.75. The van der Waals surface area contributed by atoms with Gasteiger partial charge >= 0.3 is 12.1 Å². The summed E-state index contributed by atoms with van der Waals surface area (Å²) in [6.45, 7) is 0.457. The van der Waals surface area contributed by atoms with Crippen molar-refractivity contribution >= 4 is 5.97 Å². The van der Waals surface area contributed by atoms with Crippen LogP contribution in [0, 0.1) is 5.82 Å². The molecule has 0 spiro atoms. The molecule has 1 rings (SSSR count). The fourth-order valence-electron chi connectivity index (χ4n) is 1.24. The molecule has 0 bridgehead atoms.